The molecular weight excluding hydrogens is 304 g/mol. The molecule has 2 amide bonds. The predicted octanol–water partition coefficient (Wildman–Crippen LogP) is 1.53. The zero-order chi connectivity index (χ0) is 16.3. The van der Waals surface area contributed by atoms with Crippen LogP contribution in [0.2, 0.25) is 0 Å². The number of amides is 2. The smallest absolute Gasteiger partial charge is 0.308 e. The number of aliphatic carboxylic acids is 1. The average molecular weight is 324 g/mol. The molecule has 7 heteroatoms. The molecule has 1 unspecified atom stereocenters. The summed E-state index contributed by atoms with van der Waals surface area (Å²) in [6.07, 6.45) is 1.81. The van der Waals surface area contributed by atoms with Gasteiger partial charge in [0.05, 0.1) is 17.3 Å². The molecule has 6 nitrogen and oxygen atoms in total. The van der Waals surface area contributed by atoms with Crippen molar-refractivity contribution in [3.8, 4) is 0 Å². The average Bonchev–Trinajstić information content (AvgIpc) is 3.16. The van der Waals surface area contributed by atoms with E-state index < -0.39 is 11.9 Å². The lowest BCUT2D eigenvalue weighted by Gasteiger charge is -2.26. The van der Waals surface area contributed by atoms with Gasteiger partial charge in [-0.05, 0) is 24.3 Å². The standard InChI is InChI=1S/C15H20N2O4S/c1-10(15(20)21)8-17(11-5-6-11)13(18)9-16(2)14(19)12-4-3-7-22-12/h3-4,7,10-11H,5-6,8-9H2,1-2H3,(H,20,21). The van der Waals surface area contributed by atoms with E-state index in [0.29, 0.717) is 4.88 Å². The molecule has 0 radical (unpaired) electrons. The van der Waals surface area contributed by atoms with Crippen molar-refractivity contribution in [2.24, 2.45) is 5.92 Å². The van der Waals surface area contributed by atoms with Crippen LogP contribution in [-0.4, -0.2) is 58.9 Å². The normalized spacial score (nSPS) is 15.2. The van der Waals surface area contributed by atoms with Crippen molar-refractivity contribution in [1.29, 1.82) is 0 Å². The second-order valence-electron chi connectivity index (χ2n) is 5.66. The van der Waals surface area contributed by atoms with Gasteiger partial charge in [-0.3, -0.25) is 14.4 Å². The summed E-state index contributed by atoms with van der Waals surface area (Å²) in [7, 11) is 1.59. The van der Waals surface area contributed by atoms with E-state index in [1.807, 2.05) is 5.38 Å². The molecule has 1 aromatic heterocycles. The summed E-state index contributed by atoms with van der Waals surface area (Å²) in [6.45, 7) is 1.75. The molecule has 1 aliphatic rings. The summed E-state index contributed by atoms with van der Waals surface area (Å²) >= 11 is 1.33. The van der Waals surface area contributed by atoms with Gasteiger partial charge in [0, 0.05) is 19.6 Å². The van der Waals surface area contributed by atoms with Gasteiger partial charge in [-0.1, -0.05) is 13.0 Å². The number of carbonyl (C=O) groups excluding carboxylic acids is 2. The molecule has 0 saturated heterocycles. The number of nitrogens with zero attached hydrogens (tertiary/aromatic N) is 2. The molecule has 120 valence electrons. The SMILES string of the molecule is CC(CN(C(=O)CN(C)C(=O)c1cccs1)C1CC1)C(=O)O. The minimum absolute atomic E-state index is 0.0282. The van der Waals surface area contributed by atoms with Crippen LogP contribution >= 0.6 is 11.3 Å². The highest BCUT2D eigenvalue weighted by Gasteiger charge is 2.35. The Bertz CT molecular complexity index is 554. The summed E-state index contributed by atoms with van der Waals surface area (Å²) < 4.78 is 0. The van der Waals surface area contributed by atoms with Crippen molar-refractivity contribution in [1.82, 2.24) is 9.80 Å². The van der Waals surface area contributed by atoms with Crippen LogP contribution in [0.25, 0.3) is 0 Å². The number of hydrogen-bond donors (Lipinski definition) is 1. The maximum absolute atomic E-state index is 12.4. The first-order valence-corrected chi connectivity index (χ1v) is 8.09. The molecule has 1 fully saturated rings. The molecule has 1 aliphatic carbocycles. The fourth-order valence-corrected chi connectivity index (χ4v) is 2.89. The van der Waals surface area contributed by atoms with Gasteiger partial charge in [-0.15, -0.1) is 11.3 Å². The molecule has 1 aromatic rings. The maximum atomic E-state index is 12.4. The Balaban J connectivity index is 1.96. The number of likely N-dealkylation sites (N-methyl/N-ethyl adjacent to an activating group) is 1. The Morgan fingerprint density at radius 3 is 2.59 bits per heavy atom. The number of carboxylic acid groups (broad SMARTS) is 1. The summed E-state index contributed by atoms with van der Waals surface area (Å²) in [4.78, 5) is 39.1. The van der Waals surface area contributed by atoms with E-state index in [1.54, 1.807) is 31.0 Å². The van der Waals surface area contributed by atoms with E-state index in [2.05, 4.69) is 0 Å². The minimum Gasteiger partial charge on any atom is -0.481 e. The third-order valence-electron chi connectivity index (χ3n) is 3.65. The van der Waals surface area contributed by atoms with Crippen LogP contribution in [0, 0.1) is 5.92 Å². The quantitative estimate of drug-likeness (QED) is 0.825. The van der Waals surface area contributed by atoms with E-state index in [1.165, 1.54) is 16.2 Å². The zero-order valence-electron chi connectivity index (χ0n) is 12.7. The van der Waals surface area contributed by atoms with Crippen molar-refractivity contribution in [3.63, 3.8) is 0 Å². The fourth-order valence-electron chi connectivity index (χ4n) is 2.17. The summed E-state index contributed by atoms with van der Waals surface area (Å²) in [5.41, 5.74) is 0. The van der Waals surface area contributed by atoms with Crippen molar-refractivity contribution in [2.45, 2.75) is 25.8 Å². The molecule has 2 rings (SSSR count). The van der Waals surface area contributed by atoms with Crippen molar-refractivity contribution in [2.75, 3.05) is 20.1 Å². The Kier molecular flexibility index (Phi) is 5.18. The number of thiophene rings is 1. The second kappa shape index (κ2) is 6.91. The number of carboxylic acids is 1. The zero-order valence-corrected chi connectivity index (χ0v) is 13.5. The number of hydrogen-bond acceptors (Lipinski definition) is 4. The van der Waals surface area contributed by atoms with Gasteiger partial charge >= 0.3 is 5.97 Å². The highest BCUT2D eigenvalue weighted by atomic mass is 32.1. The Morgan fingerprint density at radius 2 is 2.09 bits per heavy atom. The van der Waals surface area contributed by atoms with E-state index in [4.69, 9.17) is 5.11 Å². The summed E-state index contributed by atoms with van der Waals surface area (Å²) in [5, 5.41) is 10.8. The number of rotatable bonds is 7. The van der Waals surface area contributed by atoms with Gasteiger partial charge in [-0.25, -0.2) is 0 Å². The fraction of sp³-hybridized carbons (Fsp3) is 0.533. The van der Waals surface area contributed by atoms with Crippen molar-refractivity contribution in [3.05, 3.63) is 22.4 Å². The van der Waals surface area contributed by atoms with Gasteiger partial charge in [-0.2, -0.15) is 0 Å². The van der Waals surface area contributed by atoms with E-state index >= 15 is 0 Å². The van der Waals surface area contributed by atoms with Gasteiger partial charge in [0.15, 0.2) is 0 Å². The lowest BCUT2D eigenvalue weighted by atomic mass is 10.1. The molecule has 1 N–H and O–H groups in total. The molecule has 1 heterocycles. The van der Waals surface area contributed by atoms with Crippen LogP contribution < -0.4 is 0 Å². The Labute approximate surface area is 133 Å². The molecule has 22 heavy (non-hydrogen) atoms. The molecule has 0 aliphatic heterocycles. The minimum atomic E-state index is -0.915. The second-order valence-corrected chi connectivity index (χ2v) is 6.60. The molecule has 0 bridgehead atoms. The van der Waals surface area contributed by atoms with Crippen LogP contribution in [-0.2, 0) is 9.59 Å². The molecule has 1 atom stereocenters. The Hall–Kier alpha value is -1.89. The van der Waals surface area contributed by atoms with Crippen LogP contribution in [0.15, 0.2) is 17.5 Å². The van der Waals surface area contributed by atoms with E-state index in [9.17, 15) is 14.4 Å². The van der Waals surface area contributed by atoms with Gasteiger partial charge in [0.25, 0.3) is 5.91 Å². The van der Waals surface area contributed by atoms with Gasteiger partial charge < -0.3 is 14.9 Å². The third kappa shape index (κ3) is 4.07. The molecule has 0 aromatic carbocycles. The third-order valence-corrected chi connectivity index (χ3v) is 4.51. The first-order chi connectivity index (χ1) is 10.4. The van der Waals surface area contributed by atoms with Crippen LogP contribution in [0.1, 0.15) is 29.4 Å². The van der Waals surface area contributed by atoms with E-state index in [-0.39, 0.29) is 30.9 Å². The molecule has 1 saturated carbocycles. The Morgan fingerprint density at radius 1 is 1.41 bits per heavy atom. The first kappa shape index (κ1) is 16.5. The monoisotopic (exact) mass is 324 g/mol. The topological polar surface area (TPSA) is 77.9 Å². The molecule has 0 spiro atoms. The predicted molar refractivity (Wildman–Crippen MR) is 82.8 cm³/mol. The molecular formula is C15H20N2O4S. The van der Waals surface area contributed by atoms with Gasteiger partial charge in [0.2, 0.25) is 5.91 Å². The maximum Gasteiger partial charge on any atom is 0.308 e. The highest BCUT2D eigenvalue weighted by Crippen LogP contribution is 2.28. The van der Waals surface area contributed by atoms with E-state index in [0.717, 1.165) is 12.8 Å². The van der Waals surface area contributed by atoms with Gasteiger partial charge in [0.1, 0.15) is 0 Å². The first-order valence-electron chi connectivity index (χ1n) is 7.21. The van der Waals surface area contributed by atoms with Crippen LogP contribution in [0.3, 0.4) is 0 Å². The number of carbonyl (C=O) groups is 3. The van der Waals surface area contributed by atoms with Crippen molar-refractivity contribution < 1.29 is 19.5 Å². The van der Waals surface area contributed by atoms with Crippen LogP contribution in [0.4, 0.5) is 0 Å². The lowest BCUT2D eigenvalue weighted by molar-refractivity contribution is -0.143. The summed E-state index contributed by atoms with van der Waals surface area (Å²) in [6, 6.07) is 3.64. The highest BCUT2D eigenvalue weighted by molar-refractivity contribution is 7.12. The largest absolute Gasteiger partial charge is 0.481 e. The van der Waals surface area contributed by atoms with Crippen molar-refractivity contribution >= 4 is 29.1 Å². The van der Waals surface area contributed by atoms with Crippen LogP contribution in [0.5, 0.6) is 0 Å². The lowest BCUT2D eigenvalue weighted by Crippen LogP contribution is -2.44. The summed E-state index contributed by atoms with van der Waals surface area (Å²) in [5.74, 6) is -1.90.